The van der Waals surface area contributed by atoms with Crippen LogP contribution < -0.4 is 0 Å². The topological polar surface area (TPSA) is 26.3 Å². The van der Waals surface area contributed by atoms with Crippen molar-refractivity contribution in [2.24, 2.45) is 0 Å². The Kier molecular flexibility index (Phi) is 4.73. The summed E-state index contributed by atoms with van der Waals surface area (Å²) in [6, 6.07) is 0.619. The zero-order chi connectivity index (χ0) is 15.7. The molecule has 1 aromatic carbocycles. The summed E-state index contributed by atoms with van der Waals surface area (Å²) in [5.41, 5.74) is -3.40. The maximum absolute atomic E-state index is 12.8. The third-order valence-corrected chi connectivity index (χ3v) is 2.97. The third kappa shape index (κ3) is 3.87. The van der Waals surface area contributed by atoms with Gasteiger partial charge in [-0.2, -0.15) is 26.3 Å². The number of benzene rings is 1. The Bertz CT molecular complexity index is 521. The van der Waals surface area contributed by atoms with Gasteiger partial charge in [0.2, 0.25) is 0 Å². The Morgan fingerprint density at radius 1 is 1.15 bits per heavy atom. The molecule has 0 aliphatic rings. The predicted octanol–water partition coefficient (Wildman–Crippen LogP) is 4.20. The predicted molar refractivity (Wildman–Crippen MR) is 59.9 cm³/mol. The van der Waals surface area contributed by atoms with E-state index in [1.165, 1.54) is 0 Å². The summed E-state index contributed by atoms with van der Waals surface area (Å²) in [5.74, 6) is -1.07. The molecule has 0 amide bonds. The second kappa shape index (κ2) is 5.63. The molecule has 0 unspecified atom stereocenters. The van der Waals surface area contributed by atoms with Crippen LogP contribution in [-0.4, -0.2) is 13.1 Å². The molecule has 0 heterocycles. The van der Waals surface area contributed by atoms with E-state index in [9.17, 15) is 31.1 Å². The lowest BCUT2D eigenvalue weighted by Gasteiger charge is -2.17. The molecule has 0 spiro atoms. The van der Waals surface area contributed by atoms with Gasteiger partial charge in [-0.25, -0.2) is 0 Å². The van der Waals surface area contributed by atoms with E-state index in [-0.39, 0.29) is 0 Å². The van der Waals surface area contributed by atoms with Gasteiger partial charge in [0.1, 0.15) is 0 Å². The van der Waals surface area contributed by atoms with Crippen LogP contribution in [0.15, 0.2) is 16.6 Å². The van der Waals surface area contributed by atoms with Crippen LogP contribution in [0.4, 0.5) is 26.3 Å². The number of ether oxygens (including phenoxy) is 1. The number of hydrogen-bond acceptors (Lipinski definition) is 2. The summed E-state index contributed by atoms with van der Waals surface area (Å²) in [4.78, 5) is 11.0. The highest BCUT2D eigenvalue weighted by Crippen LogP contribution is 2.41. The number of rotatable bonds is 2. The van der Waals surface area contributed by atoms with E-state index >= 15 is 0 Å². The van der Waals surface area contributed by atoms with Crippen LogP contribution in [0.2, 0.25) is 0 Å². The molecule has 2 nitrogen and oxygen atoms in total. The van der Waals surface area contributed by atoms with Crippen molar-refractivity contribution in [3.63, 3.8) is 0 Å². The number of halogens is 7. The van der Waals surface area contributed by atoms with Crippen molar-refractivity contribution in [2.75, 3.05) is 7.11 Å². The van der Waals surface area contributed by atoms with Crippen molar-refractivity contribution in [1.29, 1.82) is 0 Å². The highest BCUT2D eigenvalue weighted by atomic mass is 79.9. The fourth-order valence-electron chi connectivity index (χ4n) is 1.51. The lowest BCUT2D eigenvalue weighted by Crippen LogP contribution is -2.16. The SMILES string of the molecule is COC(=O)Cc1cc(C(F)(F)F)cc(Br)c1C(F)(F)F. The van der Waals surface area contributed by atoms with Crippen LogP contribution in [0.3, 0.4) is 0 Å². The number of methoxy groups -OCH3 is 1. The van der Waals surface area contributed by atoms with Crippen LogP contribution in [0.25, 0.3) is 0 Å². The molecule has 0 atom stereocenters. The summed E-state index contributed by atoms with van der Waals surface area (Å²) in [6.07, 6.45) is -10.6. The molecule has 0 aromatic heterocycles. The molecular weight excluding hydrogens is 358 g/mol. The Balaban J connectivity index is 3.48. The zero-order valence-electron chi connectivity index (χ0n) is 9.82. The molecule has 0 saturated heterocycles. The van der Waals surface area contributed by atoms with Crippen molar-refractivity contribution in [3.8, 4) is 0 Å². The summed E-state index contributed by atoms with van der Waals surface area (Å²) in [5, 5.41) is 0. The molecule has 0 aliphatic carbocycles. The van der Waals surface area contributed by atoms with Gasteiger partial charge < -0.3 is 4.74 Å². The molecule has 0 bridgehead atoms. The summed E-state index contributed by atoms with van der Waals surface area (Å²) in [6.45, 7) is 0. The van der Waals surface area contributed by atoms with Crippen LogP contribution in [0.5, 0.6) is 0 Å². The van der Waals surface area contributed by atoms with Gasteiger partial charge in [0, 0.05) is 4.47 Å². The molecule has 0 saturated carbocycles. The Morgan fingerprint density at radius 2 is 1.70 bits per heavy atom. The molecule has 1 aromatic rings. The maximum atomic E-state index is 12.8. The van der Waals surface area contributed by atoms with E-state index in [1.54, 1.807) is 0 Å². The molecule has 20 heavy (non-hydrogen) atoms. The molecule has 0 N–H and O–H groups in total. The first kappa shape index (κ1) is 16.8. The van der Waals surface area contributed by atoms with E-state index in [0.717, 1.165) is 7.11 Å². The minimum absolute atomic E-state index is 0.296. The summed E-state index contributed by atoms with van der Waals surface area (Å²) in [7, 11) is 0.929. The van der Waals surface area contributed by atoms with E-state index in [1.807, 2.05) is 0 Å². The Labute approximate surface area is 117 Å². The van der Waals surface area contributed by atoms with Crippen molar-refractivity contribution < 1.29 is 35.9 Å². The maximum Gasteiger partial charge on any atom is 0.417 e. The summed E-state index contributed by atoms with van der Waals surface area (Å²) >= 11 is 2.47. The molecule has 0 radical (unpaired) electrons. The normalized spacial score (nSPS) is 12.4. The first-order chi connectivity index (χ1) is 8.96. The lowest BCUT2D eigenvalue weighted by atomic mass is 10.0. The molecule has 112 valence electrons. The third-order valence-electron chi connectivity index (χ3n) is 2.35. The van der Waals surface area contributed by atoms with Crippen molar-refractivity contribution in [3.05, 3.63) is 33.3 Å². The van der Waals surface area contributed by atoms with E-state index in [0.29, 0.717) is 12.1 Å². The van der Waals surface area contributed by atoms with Gasteiger partial charge in [-0.1, -0.05) is 15.9 Å². The Morgan fingerprint density at radius 3 is 2.10 bits per heavy atom. The molecular formula is C11H7BrF6O2. The van der Waals surface area contributed by atoms with Crippen LogP contribution in [0.1, 0.15) is 16.7 Å². The fourth-order valence-corrected chi connectivity index (χ4v) is 2.24. The van der Waals surface area contributed by atoms with E-state index < -0.39 is 45.9 Å². The number of esters is 1. The standard InChI is InChI=1S/C11H7BrF6O2/c1-20-8(19)3-5-2-6(10(13,14)15)4-7(12)9(5)11(16,17)18/h2,4H,3H2,1H3. The van der Waals surface area contributed by atoms with Crippen molar-refractivity contribution >= 4 is 21.9 Å². The molecule has 1 rings (SSSR count). The minimum atomic E-state index is -4.90. The second-order valence-electron chi connectivity index (χ2n) is 3.74. The fraction of sp³-hybridized carbons (Fsp3) is 0.364. The van der Waals surface area contributed by atoms with Crippen LogP contribution in [0, 0.1) is 0 Å². The van der Waals surface area contributed by atoms with Gasteiger partial charge >= 0.3 is 18.3 Å². The highest BCUT2D eigenvalue weighted by molar-refractivity contribution is 9.10. The van der Waals surface area contributed by atoms with Gasteiger partial charge in [-0.3, -0.25) is 4.79 Å². The minimum Gasteiger partial charge on any atom is -0.469 e. The lowest BCUT2D eigenvalue weighted by molar-refractivity contribution is -0.144. The highest BCUT2D eigenvalue weighted by Gasteiger charge is 2.39. The average Bonchev–Trinajstić information content (AvgIpc) is 2.24. The number of alkyl halides is 6. The number of carbonyl (C=O) groups is 1. The van der Waals surface area contributed by atoms with Gasteiger partial charge in [-0.05, 0) is 17.7 Å². The Hall–Kier alpha value is -1.25. The van der Waals surface area contributed by atoms with E-state index in [2.05, 4.69) is 20.7 Å². The molecule has 9 heteroatoms. The first-order valence-corrected chi connectivity index (χ1v) is 5.79. The average molecular weight is 365 g/mol. The van der Waals surface area contributed by atoms with Gasteiger partial charge in [-0.15, -0.1) is 0 Å². The van der Waals surface area contributed by atoms with Gasteiger partial charge in [0.15, 0.2) is 0 Å². The van der Waals surface area contributed by atoms with Crippen LogP contribution >= 0.6 is 15.9 Å². The molecule has 0 fully saturated rings. The van der Waals surface area contributed by atoms with Crippen LogP contribution in [-0.2, 0) is 28.3 Å². The smallest absolute Gasteiger partial charge is 0.417 e. The van der Waals surface area contributed by atoms with Crippen molar-refractivity contribution in [2.45, 2.75) is 18.8 Å². The van der Waals surface area contributed by atoms with Gasteiger partial charge in [0.05, 0.1) is 24.7 Å². The number of carbonyl (C=O) groups excluding carboxylic acids is 1. The monoisotopic (exact) mass is 364 g/mol. The van der Waals surface area contributed by atoms with E-state index in [4.69, 9.17) is 0 Å². The largest absolute Gasteiger partial charge is 0.469 e. The quantitative estimate of drug-likeness (QED) is 0.580. The first-order valence-electron chi connectivity index (χ1n) is 5.00. The second-order valence-corrected chi connectivity index (χ2v) is 4.59. The number of hydrogen-bond donors (Lipinski definition) is 0. The van der Waals surface area contributed by atoms with Crippen molar-refractivity contribution in [1.82, 2.24) is 0 Å². The van der Waals surface area contributed by atoms with Gasteiger partial charge in [0.25, 0.3) is 0 Å². The molecule has 0 aliphatic heterocycles. The summed E-state index contributed by atoms with van der Waals surface area (Å²) < 4.78 is 79.6. The zero-order valence-corrected chi connectivity index (χ0v) is 11.4.